The zero-order valence-corrected chi connectivity index (χ0v) is 11.1. The molecule has 0 aliphatic rings. The van der Waals surface area contributed by atoms with E-state index in [1.807, 2.05) is 25.1 Å². The van der Waals surface area contributed by atoms with Gasteiger partial charge in [0, 0.05) is 12.2 Å². The Balaban J connectivity index is 2.75. The van der Waals surface area contributed by atoms with Gasteiger partial charge in [-0.1, -0.05) is 32.0 Å². The molecule has 0 aliphatic heterocycles. The van der Waals surface area contributed by atoms with Crippen LogP contribution in [0, 0.1) is 6.92 Å². The number of para-hydroxylation sites is 1. The smallest absolute Gasteiger partial charge is 0.306 e. The van der Waals surface area contributed by atoms with Crippen molar-refractivity contribution in [1.82, 2.24) is 0 Å². The van der Waals surface area contributed by atoms with Crippen LogP contribution in [-0.4, -0.2) is 28.8 Å². The van der Waals surface area contributed by atoms with E-state index >= 15 is 0 Å². The maximum Gasteiger partial charge on any atom is 0.306 e. The highest BCUT2D eigenvalue weighted by Gasteiger charge is 2.12. The van der Waals surface area contributed by atoms with Crippen molar-refractivity contribution in [3.05, 3.63) is 29.3 Å². The number of aliphatic carboxylic acids is 1. The van der Waals surface area contributed by atoms with Crippen molar-refractivity contribution in [2.24, 2.45) is 0 Å². The fourth-order valence-corrected chi connectivity index (χ4v) is 1.91. The van der Waals surface area contributed by atoms with Crippen LogP contribution in [0.1, 0.15) is 37.3 Å². The van der Waals surface area contributed by atoms with Gasteiger partial charge in [0.05, 0.1) is 12.5 Å². The summed E-state index contributed by atoms with van der Waals surface area (Å²) in [7, 11) is 0. The fourth-order valence-electron chi connectivity index (χ4n) is 1.91. The molecule has 1 rings (SSSR count). The fraction of sp³-hybridized carbons (Fsp3) is 0.500. The highest BCUT2D eigenvalue weighted by atomic mass is 16.4. The molecule has 0 heterocycles. The molecule has 1 aromatic rings. The van der Waals surface area contributed by atoms with E-state index in [0.29, 0.717) is 5.92 Å². The Bertz CT molecular complexity index is 416. The molecule has 4 heteroatoms. The maximum absolute atomic E-state index is 10.5. The molecule has 0 bridgehead atoms. The van der Waals surface area contributed by atoms with Crippen LogP contribution < -0.4 is 5.32 Å². The second kappa shape index (κ2) is 6.40. The summed E-state index contributed by atoms with van der Waals surface area (Å²) in [5.74, 6) is -0.609. The van der Waals surface area contributed by atoms with E-state index in [9.17, 15) is 9.90 Å². The minimum absolute atomic E-state index is 0.240. The van der Waals surface area contributed by atoms with Crippen LogP contribution in [-0.2, 0) is 4.79 Å². The molecule has 18 heavy (non-hydrogen) atoms. The minimum Gasteiger partial charge on any atom is -0.481 e. The Hall–Kier alpha value is -1.55. The third kappa shape index (κ3) is 4.04. The molecule has 1 unspecified atom stereocenters. The van der Waals surface area contributed by atoms with Crippen LogP contribution >= 0.6 is 0 Å². The number of aliphatic hydroxyl groups excluding tert-OH is 1. The number of aryl methyl sites for hydroxylation is 1. The number of hydrogen-bond acceptors (Lipinski definition) is 3. The quantitative estimate of drug-likeness (QED) is 0.726. The molecule has 4 nitrogen and oxygen atoms in total. The van der Waals surface area contributed by atoms with Crippen LogP contribution in [0.5, 0.6) is 0 Å². The summed E-state index contributed by atoms with van der Waals surface area (Å²) in [4.78, 5) is 10.5. The summed E-state index contributed by atoms with van der Waals surface area (Å²) < 4.78 is 0. The average Bonchev–Trinajstić information content (AvgIpc) is 2.25. The summed E-state index contributed by atoms with van der Waals surface area (Å²) in [6, 6.07) is 6.05. The van der Waals surface area contributed by atoms with E-state index in [0.717, 1.165) is 11.3 Å². The molecular formula is C14H21NO3. The Morgan fingerprint density at radius 3 is 2.61 bits per heavy atom. The van der Waals surface area contributed by atoms with E-state index in [1.54, 1.807) is 0 Å². The van der Waals surface area contributed by atoms with Crippen molar-refractivity contribution in [3.63, 3.8) is 0 Å². The van der Waals surface area contributed by atoms with E-state index < -0.39 is 12.1 Å². The van der Waals surface area contributed by atoms with E-state index in [-0.39, 0.29) is 13.0 Å². The van der Waals surface area contributed by atoms with E-state index in [4.69, 9.17) is 5.11 Å². The molecule has 100 valence electrons. The van der Waals surface area contributed by atoms with Gasteiger partial charge in [0.2, 0.25) is 0 Å². The molecule has 0 fully saturated rings. The second-order valence-corrected chi connectivity index (χ2v) is 4.83. The van der Waals surface area contributed by atoms with Gasteiger partial charge < -0.3 is 15.5 Å². The first-order valence-electron chi connectivity index (χ1n) is 6.15. The number of carboxylic acid groups (broad SMARTS) is 1. The van der Waals surface area contributed by atoms with E-state index in [1.165, 1.54) is 5.56 Å². The third-order valence-corrected chi connectivity index (χ3v) is 2.85. The zero-order valence-electron chi connectivity index (χ0n) is 11.1. The van der Waals surface area contributed by atoms with Crippen molar-refractivity contribution in [1.29, 1.82) is 0 Å². The molecule has 0 spiro atoms. The summed E-state index contributed by atoms with van der Waals surface area (Å²) in [5, 5.41) is 21.3. The first-order valence-corrected chi connectivity index (χ1v) is 6.15. The number of rotatable bonds is 6. The minimum atomic E-state index is -0.988. The Kier molecular flexibility index (Phi) is 5.16. The molecule has 0 amide bonds. The van der Waals surface area contributed by atoms with Crippen LogP contribution in [0.2, 0.25) is 0 Å². The highest BCUT2D eigenvalue weighted by Crippen LogP contribution is 2.27. The lowest BCUT2D eigenvalue weighted by Gasteiger charge is -2.18. The lowest BCUT2D eigenvalue weighted by Crippen LogP contribution is -2.23. The van der Waals surface area contributed by atoms with Gasteiger partial charge in [-0.05, 0) is 24.0 Å². The molecule has 1 aromatic carbocycles. The van der Waals surface area contributed by atoms with Crippen LogP contribution in [0.25, 0.3) is 0 Å². The highest BCUT2D eigenvalue weighted by molar-refractivity contribution is 5.67. The second-order valence-electron chi connectivity index (χ2n) is 4.83. The van der Waals surface area contributed by atoms with Gasteiger partial charge >= 0.3 is 5.97 Å². The van der Waals surface area contributed by atoms with Crippen molar-refractivity contribution < 1.29 is 15.0 Å². The molecule has 1 atom stereocenters. The normalized spacial score (nSPS) is 12.5. The molecule has 0 saturated heterocycles. The SMILES string of the molecule is Cc1cccc(C(C)C)c1NCC(O)CC(=O)O. The maximum atomic E-state index is 10.5. The van der Waals surface area contributed by atoms with Gasteiger partial charge in [0.15, 0.2) is 0 Å². The van der Waals surface area contributed by atoms with Gasteiger partial charge in [-0.15, -0.1) is 0 Å². The lowest BCUT2D eigenvalue weighted by atomic mass is 9.98. The Labute approximate surface area is 108 Å². The van der Waals surface area contributed by atoms with Crippen molar-refractivity contribution in [3.8, 4) is 0 Å². The predicted octanol–water partition coefficient (Wildman–Crippen LogP) is 2.37. The van der Waals surface area contributed by atoms with Gasteiger partial charge in [-0.3, -0.25) is 4.79 Å². The standard InChI is InChI=1S/C14H21NO3/c1-9(2)12-6-4-5-10(3)14(12)15-8-11(16)7-13(17)18/h4-6,9,11,15-16H,7-8H2,1-3H3,(H,17,18). The molecule has 0 radical (unpaired) electrons. The van der Waals surface area contributed by atoms with Gasteiger partial charge in [0.1, 0.15) is 0 Å². The Morgan fingerprint density at radius 1 is 1.39 bits per heavy atom. The van der Waals surface area contributed by atoms with Crippen molar-refractivity contribution >= 4 is 11.7 Å². The van der Waals surface area contributed by atoms with Crippen molar-refractivity contribution in [2.45, 2.75) is 39.2 Å². The first-order chi connectivity index (χ1) is 8.41. The predicted molar refractivity (Wildman–Crippen MR) is 72.0 cm³/mol. The topological polar surface area (TPSA) is 69.6 Å². The number of anilines is 1. The molecule has 3 N–H and O–H groups in total. The van der Waals surface area contributed by atoms with Crippen LogP contribution in [0.15, 0.2) is 18.2 Å². The van der Waals surface area contributed by atoms with Crippen LogP contribution in [0.4, 0.5) is 5.69 Å². The molecule has 0 saturated carbocycles. The molecule has 0 aromatic heterocycles. The summed E-state index contributed by atoms with van der Waals surface area (Å²) >= 11 is 0. The van der Waals surface area contributed by atoms with Gasteiger partial charge in [0.25, 0.3) is 0 Å². The largest absolute Gasteiger partial charge is 0.481 e. The number of carboxylic acids is 1. The van der Waals surface area contributed by atoms with Gasteiger partial charge in [-0.25, -0.2) is 0 Å². The number of nitrogens with one attached hydrogen (secondary N) is 1. The number of aliphatic hydroxyl groups is 1. The average molecular weight is 251 g/mol. The lowest BCUT2D eigenvalue weighted by molar-refractivity contribution is -0.138. The number of benzene rings is 1. The monoisotopic (exact) mass is 251 g/mol. The van der Waals surface area contributed by atoms with E-state index in [2.05, 4.69) is 19.2 Å². The summed E-state index contributed by atoms with van der Waals surface area (Å²) in [6.45, 7) is 6.45. The summed E-state index contributed by atoms with van der Waals surface area (Å²) in [5.41, 5.74) is 3.28. The first kappa shape index (κ1) is 14.5. The van der Waals surface area contributed by atoms with Gasteiger partial charge in [-0.2, -0.15) is 0 Å². The zero-order chi connectivity index (χ0) is 13.7. The van der Waals surface area contributed by atoms with Crippen molar-refractivity contribution in [2.75, 3.05) is 11.9 Å². The molecular weight excluding hydrogens is 230 g/mol. The third-order valence-electron chi connectivity index (χ3n) is 2.85. The Morgan fingerprint density at radius 2 is 2.06 bits per heavy atom. The summed E-state index contributed by atoms with van der Waals surface area (Å²) in [6.07, 6.45) is -1.11. The molecule has 0 aliphatic carbocycles. The van der Waals surface area contributed by atoms with Crippen LogP contribution in [0.3, 0.4) is 0 Å². The number of hydrogen-bond donors (Lipinski definition) is 3. The number of carbonyl (C=O) groups is 1.